The van der Waals surface area contributed by atoms with Crippen LogP contribution in [0.15, 0.2) is 66.7 Å². The SMILES string of the molecule is NP(N)Oc1ccc(OP(N)N)c(P2(=O)Oc3ccccc3-c3ccccc32)c1. The molecule has 11 heteroatoms. The Morgan fingerprint density at radius 2 is 1.41 bits per heavy atom. The summed E-state index contributed by atoms with van der Waals surface area (Å²) in [5.41, 5.74) is 24.2. The van der Waals surface area contributed by atoms with Gasteiger partial charge in [0.1, 0.15) is 17.2 Å². The van der Waals surface area contributed by atoms with Crippen molar-refractivity contribution in [3.63, 3.8) is 0 Å². The van der Waals surface area contributed by atoms with E-state index in [1.807, 2.05) is 30.3 Å². The Labute approximate surface area is 170 Å². The smallest absolute Gasteiger partial charge is 0.311 e. The molecule has 29 heavy (non-hydrogen) atoms. The average Bonchev–Trinajstić information content (AvgIpc) is 2.68. The van der Waals surface area contributed by atoms with Gasteiger partial charge in [0.25, 0.3) is 0 Å². The van der Waals surface area contributed by atoms with Gasteiger partial charge in [0, 0.05) is 5.56 Å². The Morgan fingerprint density at radius 3 is 2.14 bits per heavy atom. The molecule has 0 saturated carbocycles. The lowest BCUT2D eigenvalue weighted by Crippen LogP contribution is -2.26. The molecule has 0 fully saturated rings. The second-order valence-electron chi connectivity index (χ2n) is 6.19. The van der Waals surface area contributed by atoms with Crippen LogP contribution in [-0.4, -0.2) is 0 Å². The van der Waals surface area contributed by atoms with Gasteiger partial charge in [0.15, 0.2) is 0 Å². The first-order chi connectivity index (χ1) is 13.9. The van der Waals surface area contributed by atoms with E-state index < -0.39 is 24.3 Å². The van der Waals surface area contributed by atoms with Crippen molar-refractivity contribution in [2.45, 2.75) is 0 Å². The molecule has 3 aromatic rings. The Balaban J connectivity index is 1.94. The van der Waals surface area contributed by atoms with E-state index in [-0.39, 0.29) is 11.1 Å². The molecule has 1 atom stereocenters. The van der Waals surface area contributed by atoms with E-state index >= 15 is 0 Å². The van der Waals surface area contributed by atoms with E-state index in [0.29, 0.717) is 16.8 Å². The van der Waals surface area contributed by atoms with Crippen LogP contribution in [0.1, 0.15) is 0 Å². The van der Waals surface area contributed by atoms with Crippen LogP contribution in [0.2, 0.25) is 0 Å². The lowest BCUT2D eigenvalue weighted by atomic mass is 10.0. The zero-order valence-electron chi connectivity index (χ0n) is 15.1. The highest BCUT2D eigenvalue weighted by atomic mass is 31.2. The molecule has 1 aliphatic rings. The van der Waals surface area contributed by atoms with E-state index in [1.54, 1.807) is 36.4 Å². The maximum absolute atomic E-state index is 14.4. The monoisotopic (exact) mass is 448 g/mol. The van der Waals surface area contributed by atoms with Gasteiger partial charge < -0.3 is 13.6 Å². The fourth-order valence-corrected chi connectivity index (χ4v) is 6.40. The van der Waals surface area contributed by atoms with Crippen molar-refractivity contribution in [2.75, 3.05) is 0 Å². The lowest BCUT2D eigenvalue weighted by Gasteiger charge is -2.30. The van der Waals surface area contributed by atoms with Gasteiger partial charge in [-0.05, 0) is 35.9 Å². The molecule has 3 aromatic carbocycles. The van der Waals surface area contributed by atoms with Crippen LogP contribution in [0, 0.1) is 0 Å². The zero-order chi connectivity index (χ0) is 20.6. The Morgan fingerprint density at radius 1 is 0.759 bits per heavy atom. The first kappa shape index (κ1) is 20.3. The van der Waals surface area contributed by atoms with Crippen LogP contribution in [-0.2, 0) is 4.57 Å². The number of para-hydroxylation sites is 1. The summed E-state index contributed by atoms with van der Waals surface area (Å²) in [5.74, 6) is 1.11. The van der Waals surface area contributed by atoms with Crippen molar-refractivity contribution >= 4 is 34.9 Å². The summed E-state index contributed by atoms with van der Waals surface area (Å²) in [5, 5.41) is 0.819. The van der Waals surface area contributed by atoms with Gasteiger partial charge in [-0.2, -0.15) is 0 Å². The molecular weight excluding hydrogens is 429 g/mol. The van der Waals surface area contributed by atoms with E-state index in [0.717, 1.165) is 11.1 Å². The summed E-state index contributed by atoms with van der Waals surface area (Å²) >= 11 is 0. The van der Waals surface area contributed by atoms with Crippen LogP contribution in [0.4, 0.5) is 0 Å². The van der Waals surface area contributed by atoms with Gasteiger partial charge in [0.2, 0.25) is 16.9 Å². The topological polar surface area (TPSA) is 149 Å². The summed E-state index contributed by atoms with van der Waals surface area (Å²) in [7, 11) is -7.04. The van der Waals surface area contributed by atoms with Crippen molar-refractivity contribution in [3.05, 3.63) is 66.7 Å². The molecule has 0 radical (unpaired) electrons. The number of fused-ring (bicyclic) bond motifs is 3. The van der Waals surface area contributed by atoms with E-state index in [2.05, 4.69) is 0 Å². The predicted molar refractivity (Wildman–Crippen MR) is 118 cm³/mol. The Kier molecular flexibility index (Phi) is 5.60. The van der Waals surface area contributed by atoms with Crippen molar-refractivity contribution < 1.29 is 18.1 Å². The van der Waals surface area contributed by atoms with Gasteiger partial charge in [-0.1, -0.05) is 36.4 Å². The highest BCUT2D eigenvalue weighted by Gasteiger charge is 2.40. The molecule has 8 nitrogen and oxygen atoms in total. The molecule has 4 rings (SSSR count). The van der Waals surface area contributed by atoms with E-state index in [4.69, 9.17) is 35.6 Å². The molecule has 0 spiro atoms. The first-order valence-corrected chi connectivity index (χ1v) is 12.9. The number of nitrogens with two attached hydrogens (primary N) is 4. The number of rotatable bonds is 5. The fourth-order valence-electron chi connectivity index (χ4n) is 3.19. The second-order valence-corrected chi connectivity index (χ2v) is 10.2. The molecule has 150 valence electrons. The predicted octanol–water partition coefficient (Wildman–Crippen LogP) is 3.02. The Hall–Kier alpha value is -2.01. The van der Waals surface area contributed by atoms with Crippen LogP contribution >= 0.6 is 24.3 Å². The number of hydrogen-bond donors (Lipinski definition) is 4. The third-order valence-electron chi connectivity index (χ3n) is 4.29. The van der Waals surface area contributed by atoms with E-state index in [9.17, 15) is 4.57 Å². The van der Waals surface area contributed by atoms with Gasteiger partial charge >= 0.3 is 7.37 Å². The summed E-state index contributed by atoms with van der Waals surface area (Å²) in [6.45, 7) is 0. The largest absolute Gasteiger partial charge is 0.445 e. The minimum atomic E-state index is -3.63. The van der Waals surface area contributed by atoms with E-state index in [1.165, 1.54) is 0 Å². The van der Waals surface area contributed by atoms with Gasteiger partial charge in [-0.3, -0.25) is 26.6 Å². The summed E-state index contributed by atoms with van der Waals surface area (Å²) in [4.78, 5) is 0. The highest BCUT2D eigenvalue weighted by molar-refractivity contribution is 7.75. The lowest BCUT2D eigenvalue weighted by molar-refractivity contribution is 0.499. The molecule has 0 aromatic heterocycles. The molecule has 8 N–H and O–H groups in total. The van der Waals surface area contributed by atoms with Gasteiger partial charge in [-0.15, -0.1) is 0 Å². The van der Waals surface area contributed by atoms with Crippen molar-refractivity contribution in [1.82, 2.24) is 0 Å². The standard InChI is InChI=1S/C18H19N4O4P3/c19-27(20)24-12-9-10-16(25-28(21)22)18(11-12)29(23)17-8-4-2-6-14(17)13-5-1-3-7-15(13)26-29/h1-11H,19-22H2. The molecule has 1 aliphatic heterocycles. The number of hydrogen-bond acceptors (Lipinski definition) is 8. The normalized spacial score (nSPS) is 17.4. The van der Waals surface area contributed by atoms with Crippen LogP contribution in [0.5, 0.6) is 17.2 Å². The maximum Gasteiger partial charge on any atom is 0.311 e. The molecule has 1 heterocycles. The highest BCUT2D eigenvalue weighted by Crippen LogP contribution is 2.56. The van der Waals surface area contributed by atoms with Crippen LogP contribution in [0.3, 0.4) is 0 Å². The summed E-state index contributed by atoms with van der Waals surface area (Å²) < 4.78 is 31.5. The summed E-state index contributed by atoms with van der Waals surface area (Å²) in [6, 6.07) is 19.5. The average molecular weight is 448 g/mol. The molecule has 0 saturated heterocycles. The molecule has 0 aliphatic carbocycles. The molecule has 0 amide bonds. The molecule has 0 bridgehead atoms. The third kappa shape index (κ3) is 3.89. The van der Waals surface area contributed by atoms with Crippen molar-refractivity contribution in [2.24, 2.45) is 22.0 Å². The number of benzene rings is 3. The summed E-state index contributed by atoms with van der Waals surface area (Å²) in [6.07, 6.45) is 0. The van der Waals surface area contributed by atoms with Crippen molar-refractivity contribution in [1.29, 1.82) is 0 Å². The van der Waals surface area contributed by atoms with Crippen LogP contribution < -0.4 is 46.2 Å². The second kappa shape index (κ2) is 8.02. The molecular formula is C18H19N4O4P3. The third-order valence-corrected chi connectivity index (χ3v) is 7.58. The minimum Gasteiger partial charge on any atom is -0.445 e. The quantitative estimate of drug-likeness (QED) is 0.435. The minimum absolute atomic E-state index is 0.254. The van der Waals surface area contributed by atoms with Gasteiger partial charge in [-0.25, -0.2) is 0 Å². The maximum atomic E-state index is 14.4. The Bertz CT molecular complexity index is 1110. The van der Waals surface area contributed by atoms with Crippen LogP contribution in [0.25, 0.3) is 11.1 Å². The molecule has 1 unspecified atom stereocenters. The first-order valence-electron chi connectivity index (χ1n) is 8.47. The zero-order valence-corrected chi connectivity index (χ0v) is 17.8. The fraction of sp³-hybridized carbons (Fsp3) is 0. The van der Waals surface area contributed by atoms with Crippen molar-refractivity contribution in [3.8, 4) is 28.4 Å². The van der Waals surface area contributed by atoms with Gasteiger partial charge in [0.05, 0.1) is 10.6 Å².